The van der Waals surface area contributed by atoms with E-state index in [1.54, 1.807) is 0 Å². The molecule has 1 heteroatoms. The Morgan fingerprint density at radius 3 is 2.64 bits per heavy atom. The van der Waals surface area contributed by atoms with Crippen molar-refractivity contribution >= 4 is 6.29 Å². The monoisotopic (exact) mass is 150 g/mol. The largest absolute Gasteiger partial charge is 0.303 e. The lowest BCUT2D eigenvalue weighted by atomic mass is 9.84. The van der Waals surface area contributed by atoms with E-state index < -0.39 is 0 Å². The molecule has 1 saturated carbocycles. The number of aldehydes is 1. The highest BCUT2D eigenvalue weighted by Crippen LogP contribution is 2.47. The van der Waals surface area contributed by atoms with Gasteiger partial charge in [0.2, 0.25) is 0 Å². The van der Waals surface area contributed by atoms with E-state index in [2.05, 4.69) is 12.2 Å². The number of hydrogen-bond donors (Lipinski definition) is 0. The fourth-order valence-electron chi connectivity index (χ4n) is 2.48. The molecule has 1 unspecified atom stereocenters. The summed E-state index contributed by atoms with van der Waals surface area (Å²) < 4.78 is 0. The Labute approximate surface area is 67.5 Å². The van der Waals surface area contributed by atoms with E-state index in [-0.39, 0.29) is 5.92 Å². The molecule has 0 aliphatic heterocycles. The molecule has 0 N–H and O–H groups in total. The average molecular weight is 150 g/mol. The lowest BCUT2D eigenvalue weighted by Crippen LogP contribution is -2.11. The highest BCUT2D eigenvalue weighted by atomic mass is 16.1. The molecule has 0 amide bonds. The van der Waals surface area contributed by atoms with Crippen molar-refractivity contribution in [2.24, 2.45) is 11.3 Å². The molecular formula is C10H14O. The first-order valence-corrected chi connectivity index (χ1v) is 4.49. The first-order valence-electron chi connectivity index (χ1n) is 4.49. The topological polar surface area (TPSA) is 17.1 Å². The van der Waals surface area contributed by atoms with Gasteiger partial charge in [0.15, 0.2) is 0 Å². The van der Waals surface area contributed by atoms with Gasteiger partial charge in [0.05, 0.1) is 0 Å². The number of carbonyl (C=O) groups excluding carboxylic acids is 1. The maximum Gasteiger partial charge on any atom is 0.126 e. The summed E-state index contributed by atoms with van der Waals surface area (Å²) in [4.78, 5) is 10.5. The second kappa shape index (κ2) is 2.47. The lowest BCUT2D eigenvalue weighted by molar-refractivity contribution is -0.110. The van der Waals surface area contributed by atoms with Crippen LogP contribution >= 0.6 is 0 Å². The highest BCUT2D eigenvalue weighted by Gasteiger charge is 2.36. The van der Waals surface area contributed by atoms with Crippen LogP contribution in [0.1, 0.15) is 32.1 Å². The van der Waals surface area contributed by atoms with Gasteiger partial charge in [-0.05, 0) is 24.7 Å². The van der Waals surface area contributed by atoms with Crippen LogP contribution in [-0.2, 0) is 4.79 Å². The zero-order valence-corrected chi connectivity index (χ0v) is 6.75. The van der Waals surface area contributed by atoms with Gasteiger partial charge in [0, 0.05) is 5.92 Å². The van der Waals surface area contributed by atoms with Gasteiger partial charge >= 0.3 is 0 Å². The van der Waals surface area contributed by atoms with Crippen LogP contribution in [0.5, 0.6) is 0 Å². The minimum atomic E-state index is 0.230. The Hall–Kier alpha value is -0.590. The quantitative estimate of drug-likeness (QED) is 0.414. The van der Waals surface area contributed by atoms with Gasteiger partial charge < -0.3 is 4.79 Å². The van der Waals surface area contributed by atoms with Crippen molar-refractivity contribution in [3.8, 4) is 0 Å². The summed E-state index contributed by atoms with van der Waals surface area (Å²) in [6.45, 7) is 0. The van der Waals surface area contributed by atoms with Crippen molar-refractivity contribution in [1.82, 2.24) is 0 Å². The summed E-state index contributed by atoms with van der Waals surface area (Å²) in [7, 11) is 0. The molecule has 1 nitrogen and oxygen atoms in total. The van der Waals surface area contributed by atoms with Crippen molar-refractivity contribution in [3.05, 3.63) is 12.2 Å². The molecule has 0 radical (unpaired) electrons. The van der Waals surface area contributed by atoms with Gasteiger partial charge in [0.25, 0.3) is 0 Å². The molecule has 0 aromatic rings. The smallest absolute Gasteiger partial charge is 0.126 e. The predicted octanol–water partition coefficient (Wildman–Crippen LogP) is 2.32. The van der Waals surface area contributed by atoms with Crippen molar-refractivity contribution in [2.45, 2.75) is 32.1 Å². The van der Waals surface area contributed by atoms with Crippen LogP contribution < -0.4 is 0 Å². The van der Waals surface area contributed by atoms with Crippen LogP contribution in [0.2, 0.25) is 0 Å². The summed E-state index contributed by atoms with van der Waals surface area (Å²) >= 11 is 0. The molecule has 2 rings (SSSR count). The summed E-state index contributed by atoms with van der Waals surface area (Å²) in [6.07, 6.45) is 11.9. The summed E-state index contributed by atoms with van der Waals surface area (Å²) in [6, 6.07) is 0. The van der Waals surface area contributed by atoms with Crippen molar-refractivity contribution in [1.29, 1.82) is 0 Å². The number of allylic oxidation sites excluding steroid dienone is 2. The fraction of sp³-hybridized carbons (Fsp3) is 0.700. The minimum absolute atomic E-state index is 0.230. The predicted molar refractivity (Wildman–Crippen MR) is 44.2 cm³/mol. The molecule has 60 valence electrons. The minimum Gasteiger partial charge on any atom is -0.303 e. The third kappa shape index (κ3) is 1.13. The van der Waals surface area contributed by atoms with E-state index in [1.807, 2.05) is 0 Å². The fourth-order valence-corrected chi connectivity index (χ4v) is 2.48. The van der Waals surface area contributed by atoms with Crippen LogP contribution in [0.3, 0.4) is 0 Å². The summed E-state index contributed by atoms with van der Waals surface area (Å²) in [5, 5.41) is 0. The molecule has 1 spiro atoms. The lowest BCUT2D eigenvalue weighted by Gasteiger charge is -2.20. The molecule has 1 atom stereocenters. The van der Waals surface area contributed by atoms with E-state index >= 15 is 0 Å². The van der Waals surface area contributed by atoms with E-state index in [9.17, 15) is 4.79 Å². The van der Waals surface area contributed by atoms with Crippen molar-refractivity contribution in [2.75, 3.05) is 0 Å². The Balaban J connectivity index is 2.08. The van der Waals surface area contributed by atoms with Gasteiger partial charge in [-0.15, -0.1) is 0 Å². The standard InChI is InChI=1S/C10H14O/c11-8-9-3-6-10(7-9)4-1-2-5-10/h3,6,8-9H,1-2,4-5,7H2. The Morgan fingerprint density at radius 2 is 2.09 bits per heavy atom. The van der Waals surface area contributed by atoms with Crippen LogP contribution in [0.4, 0.5) is 0 Å². The molecule has 2 aliphatic carbocycles. The molecule has 11 heavy (non-hydrogen) atoms. The van der Waals surface area contributed by atoms with Crippen LogP contribution in [-0.4, -0.2) is 6.29 Å². The second-order valence-electron chi connectivity index (χ2n) is 3.93. The zero-order chi connectivity index (χ0) is 7.73. The number of hydrogen-bond acceptors (Lipinski definition) is 1. The highest BCUT2D eigenvalue weighted by molar-refractivity contribution is 5.58. The molecule has 0 bridgehead atoms. The Bertz CT molecular complexity index is 187. The maximum absolute atomic E-state index is 10.5. The molecule has 0 saturated heterocycles. The molecule has 2 aliphatic rings. The SMILES string of the molecule is O=CC1C=CC2(CCCC2)C1. The van der Waals surface area contributed by atoms with Crippen LogP contribution in [0, 0.1) is 11.3 Å². The molecule has 0 aromatic heterocycles. The summed E-state index contributed by atoms with van der Waals surface area (Å²) in [5.41, 5.74) is 0.450. The molecular weight excluding hydrogens is 136 g/mol. The average Bonchev–Trinajstić information content (AvgIpc) is 2.62. The Kier molecular flexibility index (Phi) is 1.59. The van der Waals surface area contributed by atoms with E-state index in [0.29, 0.717) is 5.41 Å². The van der Waals surface area contributed by atoms with Gasteiger partial charge in [-0.3, -0.25) is 0 Å². The van der Waals surface area contributed by atoms with Crippen LogP contribution in [0.15, 0.2) is 12.2 Å². The first-order chi connectivity index (χ1) is 5.35. The van der Waals surface area contributed by atoms with E-state index in [0.717, 1.165) is 12.7 Å². The molecule has 0 heterocycles. The normalized spacial score (nSPS) is 33.3. The Morgan fingerprint density at radius 1 is 1.36 bits per heavy atom. The van der Waals surface area contributed by atoms with Gasteiger partial charge in [-0.1, -0.05) is 25.0 Å². The third-order valence-corrected chi connectivity index (χ3v) is 3.11. The zero-order valence-electron chi connectivity index (χ0n) is 6.75. The van der Waals surface area contributed by atoms with Crippen molar-refractivity contribution < 1.29 is 4.79 Å². The third-order valence-electron chi connectivity index (χ3n) is 3.11. The van der Waals surface area contributed by atoms with Gasteiger partial charge in [0.1, 0.15) is 6.29 Å². The van der Waals surface area contributed by atoms with E-state index in [4.69, 9.17) is 0 Å². The van der Waals surface area contributed by atoms with Gasteiger partial charge in [-0.25, -0.2) is 0 Å². The maximum atomic E-state index is 10.5. The molecule has 1 fully saturated rings. The number of carbonyl (C=O) groups is 1. The summed E-state index contributed by atoms with van der Waals surface area (Å²) in [5.74, 6) is 0.230. The van der Waals surface area contributed by atoms with Crippen LogP contribution in [0.25, 0.3) is 0 Å². The second-order valence-corrected chi connectivity index (χ2v) is 3.93. The van der Waals surface area contributed by atoms with Gasteiger partial charge in [-0.2, -0.15) is 0 Å². The number of rotatable bonds is 1. The van der Waals surface area contributed by atoms with E-state index in [1.165, 1.54) is 25.7 Å². The van der Waals surface area contributed by atoms with Crippen molar-refractivity contribution in [3.63, 3.8) is 0 Å². The first kappa shape index (κ1) is 7.08. The molecule has 0 aromatic carbocycles.